The molecule has 0 aliphatic rings. The number of carbonyl (C=O) groups is 1. The molecule has 26 heavy (non-hydrogen) atoms. The zero-order valence-corrected chi connectivity index (χ0v) is 14.6. The van der Waals surface area contributed by atoms with Crippen LogP contribution in [0.2, 0.25) is 0 Å². The number of anilines is 4. The SMILES string of the molecule is CC(=O)c1ccc(Nc2ncnc(NCCc3ccccc3)c2N)cc1. The average molecular weight is 347 g/mol. The van der Waals surface area contributed by atoms with E-state index in [1.807, 2.05) is 30.3 Å². The summed E-state index contributed by atoms with van der Waals surface area (Å²) in [4.78, 5) is 19.8. The van der Waals surface area contributed by atoms with Crippen LogP contribution in [0, 0.1) is 0 Å². The number of aromatic nitrogens is 2. The van der Waals surface area contributed by atoms with Gasteiger partial charge in [0.25, 0.3) is 0 Å². The highest BCUT2D eigenvalue weighted by Crippen LogP contribution is 2.25. The van der Waals surface area contributed by atoms with Gasteiger partial charge in [0.15, 0.2) is 17.4 Å². The van der Waals surface area contributed by atoms with Gasteiger partial charge in [-0.05, 0) is 43.2 Å². The van der Waals surface area contributed by atoms with E-state index in [0.717, 1.165) is 18.7 Å². The molecule has 6 nitrogen and oxygen atoms in total. The molecule has 0 atom stereocenters. The molecule has 0 unspecified atom stereocenters. The van der Waals surface area contributed by atoms with E-state index < -0.39 is 0 Å². The van der Waals surface area contributed by atoms with Crippen LogP contribution in [0.3, 0.4) is 0 Å². The number of carbonyl (C=O) groups excluding carboxylic acids is 1. The first kappa shape index (κ1) is 17.4. The van der Waals surface area contributed by atoms with Crippen LogP contribution in [-0.2, 0) is 6.42 Å². The summed E-state index contributed by atoms with van der Waals surface area (Å²) in [6.07, 6.45) is 2.34. The van der Waals surface area contributed by atoms with Crippen molar-refractivity contribution in [2.75, 3.05) is 22.9 Å². The molecule has 3 aromatic rings. The van der Waals surface area contributed by atoms with E-state index in [1.54, 1.807) is 12.1 Å². The van der Waals surface area contributed by atoms with Gasteiger partial charge in [0.2, 0.25) is 0 Å². The molecule has 0 radical (unpaired) electrons. The Kier molecular flexibility index (Phi) is 5.43. The van der Waals surface area contributed by atoms with E-state index in [2.05, 4.69) is 32.7 Å². The van der Waals surface area contributed by atoms with Gasteiger partial charge >= 0.3 is 0 Å². The molecular formula is C20H21N5O. The van der Waals surface area contributed by atoms with Gasteiger partial charge in [-0.2, -0.15) is 0 Å². The first-order chi connectivity index (χ1) is 12.6. The zero-order valence-electron chi connectivity index (χ0n) is 14.6. The highest BCUT2D eigenvalue weighted by Gasteiger charge is 2.08. The predicted molar refractivity (Wildman–Crippen MR) is 105 cm³/mol. The van der Waals surface area contributed by atoms with Crippen LogP contribution in [0.1, 0.15) is 22.8 Å². The lowest BCUT2D eigenvalue weighted by Crippen LogP contribution is -2.10. The summed E-state index contributed by atoms with van der Waals surface area (Å²) in [6.45, 7) is 2.26. The van der Waals surface area contributed by atoms with Crippen molar-refractivity contribution in [3.63, 3.8) is 0 Å². The van der Waals surface area contributed by atoms with E-state index in [1.165, 1.54) is 18.8 Å². The largest absolute Gasteiger partial charge is 0.393 e. The summed E-state index contributed by atoms with van der Waals surface area (Å²) in [5, 5.41) is 6.41. The van der Waals surface area contributed by atoms with Gasteiger partial charge in [-0.15, -0.1) is 0 Å². The van der Waals surface area contributed by atoms with Gasteiger partial charge in [-0.3, -0.25) is 4.79 Å². The molecule has 0 amide bonds. The van der Waals surface area contributed by atoms with E-state index in [0.29, 0.717) is 22.9 Å². The van der Waals surface area contributed by atoms with Gasteiger partial charge in [0.05, 0.1) is 0 Å². The Balaban J connectivity index is 1.65. The molecule has 132 valence electrons. The smallest absolute Gasteiger partial charge is 0.159 e. The van der Waals surface area contributed by atoms with Gasteiger partial charge in [-0.25, -0.2) is 9.97 Å². The number of benzene rings is 2. The predicted octanol–water partition coefficient (Wildman–Crippen LogP) is 3.66. The van der Waals surface area contributed by atoms with E-state index in [9.17, 15) is 4.79 Å². The lowest BCUT2D eigenvalue weighted by atomic mass is 10.1. The molecule has 0 saturated carbocycles. The van der Waals surface area contributed by atoms with Crippen LogP contribution in [0.5, 0.6) is 0 Å². The first-order valence-electron chi connectivity index (χ1n) is 8.40. The minimum absolute atomic E-state index is 0.0306. The Bertz CT molecular complexity index is 878. The van der Waals surface area contributed by atoms with Gasteiger partial charge < -0.3 is 16.4 Å². The third kappa shape index (κ3) is 4.36. The van der Waals surface area contributed by atoms with E-state index >= 15 is 0 Å². The number of rotatable bonds is 7. The maximum atomic E-state index is 11.3. The monoisotopic (exact) mass is 347 g/mol. The number of nitrogens with zero attached hydrogens (tertiary/aromatic N) is 2. The molecule has 4 N–H and O–H groups in total. The van der Waals surface area contributed by atoms with Crippen molar-refractivity contribution in [1.29, 1.82) is 0 Å². The summed E-state index contributed by atoms with van der Waals surface area (Å²) < 4.78 is 0. The molecule has 2 aromatic carbocycles. The fourth-order valence-electron chi connectivity index (χ4n) is 2.53. The number of Topliss-reactive ketones (excluding diaryl/α,β-unsaturated/α-hetero) is 1. The van der Waals surface area contributed by atoms with Crippen molar-refractivity contribution in [3.8, 4) is 0 Å². The minimum atomic E-state index is 0.0306. The zero-order chi connectivity index (χ0) is 18.4. The lowest BCUT2D eigenvalue weighted by molar-refractivity contribution is 0.101. The van der Waals surface area contributed by atoms with Crippen LogP contribution in [0.25, 0.3) is 0 Å². The fourth-order valence-corrected chi connectivity index (χ4v) is 2.53. The first-order valence-corrected chi connectivity index (χ1v) is 8.40. The highest BCUT2D eigenvalue weighted by atomic mass is 16.1. The molecule has 1 aromatic heterocycles. The Morgan fingerprint density at radius 2 is 1.69 bits per heavy atom. The second kappa shape index (κ2) is 8.11. The lowest BCUT2D eigenvalue weighted by Gasteiger charge is -2.12. The summed E-state index contributed by atoms with van der Waals surface area (Å²) in [7, 11) is 0. The van der Waals surface area contributed by atoms with Crippen molar-refractivity contribution >= 4 is 28.8 Å². The van der Waals surface area contributed by atoms with Crippen LogP contribution in [0.4, 0.5) is 23.0 Å². The second-order valence-corrected chi connectivity index (χ2v) is 5.91. The van der Waals surface area contributed by atoms with Crippen LogP contribution >= 0.6 is 0 Å². The number of hydrogen-bond acceptors (Lipinski definition) is 6. The molecule has 0 fully saturated rings. The molecule has 0 spiro atoms. The maximum Gasteiger partial charge on any atom is 0.159 e. The molecule has 0 aliphatic heterocycles. The van der Waals surface area contributed by atoms with Crippen LogP contribution in [-0.4, -0.2) is 22.3 Å². The highest BCUT2D eigenvalue weighted by molar-refractivity contribution is 5.94. The van der Waals surface area contributed by atoms with Crippen LogP contribution < -0.4 is 16.4 Å². The summed E-state index contributed by atoms with van der Waals surface area (Å²) in [6, 6.07) is 17.4. The number of nitrogens with two attached hydrogens (primary N) is 1. The Morgan fingerprint density at radius 1 is 1.00 bits per heavy atom. The van der Waals surface area contributed by atoms with E-state index in [-0.39, 0.29) is 5.78 Å². The van der Waals surface area contributed by atoms with Crippen molar-refractivity contribution < 1.29 is 4.79 Å². The quantitative estimate of drug-likeness (QED) is 0.565. The van der Waals surface area contributed by atoms with Crippen molar-refractivity contribution in [2.45, 2.75) is 13.3 Å². The third-order valence-corrected chi connectivity index (χ3v) is 3.99. The van der Waals surface area contributed by atoms with E-state index in [4.69, 9.17) is 5.73 Å². The Morgan fingerprint density at radius 3 is 2.38 bits per heavy atom. The maximum absolute atomic E-state index is 11.3. The second-order valence-electron chi connectivity index (χ2n) is 5.91. The molecule has 0 saturated heterocycles. The topological polar surface area (TPSA) is 92.9 Å². The van der Waals surface area contributed by atoms with Crippen molar-refractivity contribution in [1.82, 2.24) is 9.97 Å². The molecule has 0 bridgehead atoms. The molecule has 0 aliphatic carbocycles. The number of nitrogen functional groups attached to an aromatic ring is 1. The van der Waals surface area contributed by atoms with Crippen molar-refractivity contribution in [2.24, 2.45) is 0 Å². The number of ketones is 1. The standard InChI is InChI=1S/C20H21N5O/c1-14(26)16-7-9-17(10-8-16)25-20-18(21)19(23-13-24-20)22-12-11-15-5-3-2-4-6-15/h2-10,13H,11-12,21H2,1H3,(H2,22,23,24,25). The number of hydrogen-bond donors (Lipinski definition) is 3. The minimum Gasteiger partial charge on any atom is -0.393 e. The fraction of sp³-hybridized carbons (Fsp3) is 0.150. The van der Waals surface area contributed by atoms with Crippen molar-refractivity contribution in [3.05, 3.63) is 72.1 Å². The summed E-state index contributed by atoms with van der Waals surface area (Å²) in [5.74, 6) is 1.15. The normalized spacial score (nSPS) is 10.3. The van der Waals surface area contributed by atoms with Gasteiger partial charge in [0.1, 0.15) is 12.0 Å². The number of nitrogens with one attached hydrogen (secondary N) is 2. The summed E-state index contributed by atoms with van der Waals surface area (Å²) in [5.41, 5.74) is 9.35. The molecule has 1 heterocycles. The Labute approximate surface area is 152 Å². The molecule has 6 heteroatoms. The third-order valence-electron chi connectivity index (χ3n) is 3.99. The summed E-state index contributed by atoms with van der Waals surface area (Å²) >= 11 is 0. The molecular weight excluding hydrogens is 326 g/mol. The van der Waals surface area contributed by atoms with Gasteiger partial charge in [-0.1, -0.05) is 30.3 Å². The average Bonchev–Trinajstić information content (AvgIpc) is 2.66. The molecule has 3 rings (SSSR count). The Hall–Kier alpha value is -3.41. The van der Waals surface area contributed by atoms with Crippen LogP contribution in [0.15, 0.2) is 60.9 Å². The van der Waals surface area contributed by atoms with Gasteiger partial charge in [0, 0.05) is 17.8 Å².